The lowest BCUT2D eigenvalue weighted by molar-refractivity contribution is 0.179. The Morgan fingerprint density at radius 1 is 0.679 bits per heavy atom. The van der Waals surface area contributed by atoms with E-state index in [1.54, 1.807) is 0 Å². The van der Waals surface area contributed by atoms with Crippen LogP contribution in [0.3, 0.4) is 0 Å². The standard InChI is InChI=1S/C25H36N2O/c1-4-7-8-9-12-21-13-15-22(16-14-21)26-27-23-17-19-25(20-18-23)28-24(10-5-2)11-6-3/h13-20,24H,4-12H2,1-3H3. The van der Waals surface area contributed by atoms with E-state index in [0.717, 1.165) is 49.2 Å². The molecule has 2 aromatic rings. The number of ether oxygens (including phenoxy) is 1. The number of aryl methyl sites for hydroxylation is 1. The third-order valence-electron chi connectivity index (χ3n) is 4.90. The van der Waals surface area contributed by atoms with Gasteiger partial charge in [-0.15, -0.1) is 0 Å². The average Bonchev–Trinajstić information content (AvgIpc) is 2.72. The Balaban J connectivity index is 1.86. The number of rotatable bonds is 13. The minimum Gasteiger partial charge on any atom is -0.490 e. The predicted octanol–water partition coefficient (Wildman–Crippen LogP) is 8.57. The number of hydrogen-bond acceptors (Lipinski definition) is 3. The maximum absolute atomic E-state index is 6.10. The zero-order chi connectivity index (χ0) is 20.0. The van der Waals surface area contributed by atoms with Crippen LogP contribution in [0.5, 0.6) is 5.75 Å². The van der Waals surface area contributed by atoms with Crippen LogP contribution >= 0.6 is 0 Å². The normalized spacial score (nSPS) is 11.4. The van der Waals surface area contributed by atoms with Gasteiger partial charge in [-0.1, -0.05) is 65.0 Å². The fourth-order valence-electron chi connectivity index (χ4n) is 3.29. The predicted molar refractivity (Wildman–Crippen MR) is 119 cm³/mol. The summed E-state index contributed by atoms with van der Waals surface area (Å²) < 4.78 is 6.10. The maximum atomic E-state index is 6.10. The van der Waals surface area contributed by atoms with Gasteiger partial charge in [0.25, 0.3) is 0 Å². The Morgan fingerprint density at radius 3 is 1.79 bits per heavy atom. The Labute approximate surface area is 171 Å². The Morgan fingerprint density at radius 2 is 1.25 bits per heavy atom. The highest BCUT2D eigenvalue weighted by Gasteiger charge is 2.08. The van der Waals surface area contributed by atoms with Crippen molar-refractivity contribution in [3.8, 4) is 5.75 Å². The summed E-state index contributed by atoms with van der Waals surface area (Å²) in [6, 6.07) is 16.4. The molecule has 0 aromatic heterocycles. The van der Waals surface area contributed by atoms with Crippen molar-refractivity contribution >= 4 is 11.4 Å². The monoisotopic (exact) mass is 380 g/mol. The minimum atomic E-state index is 0.308. The van der Waals surface area contributed by atoms with Crippen LogP contribution in [-0.2, 0) is 6.42 Å². The van der Waals surface area contributed by atoms with Gasteiger partial charge in [0.1, 0.15) is 5.75 Å². The smallest absolute Gasteiger partial charge is 0.119 e. The lowest BCUT2D eigenvalue weighted by Gasteiger charge is -2.17. The van der Waals surface area contributed by atoms with E-state index in [1.807, 2.05) is 24.3 Å². The van der Waals surface area contributed by atoms with Crippen LogP contribution in [0.2, 0.25) is 0 Å². The quantitative estimate of drug-likeness (QED) is 0.253. The topological polar surface area (TPSA) is 34.0 Å². The second-order valence-corrected chi connectivity index (χ2v) is 7.49. The fraction of sp³-hybridized carbons (Fsp3) is 0.520. The molecule has 0 saturated heterocycles. The fourth-order valence-corrected chi connectivity index (χ4v) is 3.29. The third-order valence-corrected chi connectivity index (χ3v) is 4.90. The van der Waals surface area contributed by atoms with E-state index >= 15 is 0 Å². The van der Waals surface area contributed by atoms with Gasteiger partial charge in [0, 0.05) is 0 Å². The highest BCUT2D eigenvalue weighted by molar-refractivity contribution is 5.43. The number of unbranched alkanes of at least 4 members (excludes halogenated alkanes) is 3. The molecule has 0 atom stereocenters. The van der Waals surface area contributed by atoms with Gasteiger partial charge in [-0.3, -0.25) is 0 Å². The number of azo groups is 1. The van der Waals surface area contributed by atoms with Crippen LogP contribution in [0.15, 0.2) is 58.8 Å². The van der Waals surface area contributed by atoms with Crippen LogP contribution in [0.4, 0.5) is 11.4 Å². The number of nitrogens with zero attached hydrogens (tertiary/aromatic N) is 2. The second kappa shape index (κ2) is 13.1. The zero-order valence-corrected chi connectivity index (χ0v) is 17.9. The molecule has 2 rings (SSSR count). The first-order chi connectivity index (χ1) is 13.7. The van der Waals surface area contributed by atoms with Crippen LogP contribution in [-0.4, -0.2) is 6.10 Å². The molecule has 0 aliphatic rings. The van der Waals surface area contributed by atoms with E-state index in [0.29, 0.717) is 6.10 Å². The summed E-state index contributed by atoms with van der Waals surface area (Å²) in [5.41, 5.74) is 3.12. The highest BCUT2D eigenvalue weighted by atomic mass is 16.5. The van der Waals surface area contributed by atoms with Crippen LogP contribution in [0.1, 0.15) is 77.7 Å². The maximum Gasteiger partial charge on any atom is 0.119 e. The third kappa shape index (κ3) is 8.24. The second-order valence-electron chi connectivity index (χ2n) is 7.49. The molecule has 0 bridgehead atoms. The van der Waals surface area contributed by atoms with Crippen molar-refractivity contribution in [2.45, 2.75) is 84.7 Å². The highest BCUT2D eigenvalue weighted by Crippen LogP contribution is 2.24. The van der Waals surface area contributed by atoms with Crippen molar-refractivity contribution in [1.29, 1.82) is 0 Å². The SMILES string of the molecule is CCCCCCc1ccc(N=Nc2ccc(OC(CCC)CCC)cc2)cc1. The van der Waals surface area contributed by atoms with Crippen LogP contribution in [0.25, 0.3) is 0 Å². The molecule has 0 fully saturated rings. The summed E-state index contributed by atoms with van der Waals surface area (Å²) in [5, 5.41) is 8.72. The molecule has 152 valence electrons. The van der Waals surface area contributed by atoms with Crippen molar-refractivity contribution in [2.75, 3.05) is 0 Å². The molecule has 0 heterocycles. The van der Waals surface area contributed by atoms with Gasteiger partial charge in [-0.2, -0.15) is 10.2 Å². The zero-order valence-electron chi connectivity index (χ0n) is 17.9. The Kier molecular flexibility index (Phi) is 10.3. The van der Waals surface area contributed by atoms with Crippen LogP contribution in [0, 0.1) is 0 Å². The molecule has 0 saturated carbocycles. The molecule has 0 spiro atoms. The molecule has 3 heteroatoms. The van der Waals surface area contributed by atoms with Gasteiger partial charge >= 0.3 is 0 Å². The van der Waals surface area contributed by atoms with E-state index in [2.05, 4.69) is 55.3 Å². The van der Waals surface area contributed by atoms with Gasteiger partial charge in [0.2, 0.25) is 0 Å². The van der Waals surface area contributed by atoms with Gasteiger partial charge in [-0.25, -0.2) is 0 Å². The number of benzene rings is 2. The Hall–Kier alpha value is -2.16. The van der Waals surface area contributed by atoms with Crippen LogP contribution < -0.4 is 4.74 Å². The lowest BCUT2D eigenvalue weighted by Crippen LogP contribution is -2.15. The molecule has 0 amide bonds. The van der Waals surface area contributed by atoms with E-state index in [-0.39, 0.29) is 0 Å². The molecule has 0 aliphatic carbocycles. The molecular formula is C25H36N2O. The average molecular weight is 381 g/mol. The van der Waals surface area contributed by atoms with E-state index in [4.69, 9.17) is 4.74 Å². The summed E-state index contributed by atoms with van der Waals surface area (Å²) in [5.74, 6) is 0.915. The summed E-state index contributed by atoms with van der Waals surface area (Å²) >= 11 is 0. The van der Waals surface area contributed by atoms with E-state index < -0.39 is 0 Å². The van der Waals surface area contributed by atoms with Gasteiger partial charge in [0.15, 0.2) is 0 Å². The summed E-state index contributed by atoms with van der Waals surface area (Å²) in [6.45, 7) is 6.65. The molecule has 0 aliphatic heterocycles. The van der Waals surface area contributed by atoms with Crippen molar-refractivity contribution in [1.82, 2.24) is 0 Å². The van der Waals surface area contributed by atoms with Crippen molar-refractivity contribution in [3.63, 3.8) is 0 Å². The molecule has 0 unspecified atom stereocenters. The minimum absolute atomic E-state index is 0.308. The molecule has 0 N–H and O–H groups in total. The van der Waals surface area contributed by atoms with Gasteiger partial charge in [-0.05, 0) is 67.6 Å². The molecule has 3 nitrogen and oxygen atoms in total. The number of hydrogen-bond donors (Lipinski definition) is 0. The first kappa shape index (κ1) is 22.1. The lowest BCUT2D eigenvalue weighted by atomic mass is 10.1. The van der Waals surface area contributed by atoms with Crippen molar-refractivity contribution < 1.29 is 4.74 Å². The van der Waals surface area contributed by atoms with Crippen molar-refractivity contribution in [3.05, 3.63) is 54.1 Å². The Bertz CT molecular complexity index is 671. The summed E-state index contributed by atoms with van der Waals surface area (Å²) in [4.78, 5) is 0. The van der Waals surface area contributed by atoms with E-state index in [9.17, 15) is 0 Å². The molecule has 0 radical (unpaired) electrons. The van der Waals surface area contributed by atoms with Gasteiger partial charge in [0.05, 0.1) is 17.5 Å². The first-order valence-corrected chi connectivity index (χ1v) is 11.0. The van der Waals surface area contributed by atoms with Crippen molar-refractivity contribution in [2.24, 2.45) is 10.2 Å². The molecule has 2 aromatic carbocycles. The molecule has 28 heavy (non-hydrogen) atoms. The summed E-state index contributed by atoms with van der Waals surface area (Å²) in [7, 11) is 0. The van der Waals surface area contributed by atoms with E-state index in [1.165, 1.54) is 31.2 Å². The van der Waals surface area contributed by atoms with Gasteiger partial charge < -0.3 is 4.74 Å². The summed E-state index contributed by atoms with van der Waals surface area (Å²) in [6.07, 6.45) is 11.1. The first-order valence-electron chi connectivity index (χ1n) is 11.0. The largest absolute Gasteiger partial charge is 0.490 e. The molecular weight excluding hydrogens is 344 g/mol.